The van der Waals surface area contributed by atoms with E-state index in [1.807, 2.05) is 6.92 Å². The van der Waals surface area contributed by atoms with Crippen molar-refractivity contribution in [3.63, 3.8) is 0 Å². The Morgan fingerprint density at radius 2 is 2.16 bits per heavy atom. The van der Waals surface area contributed by atoms with E-state index in [0.29, 0.717) is 34.7 Å². The van der Waals surface area contributed by atoms with Crippen molar-refractivity contribution in [1.82, 2.24) is 15.1 Å². The molecular weight excluding hydrogens is 361 g/mol. The van der Waals surface area contributed by atoms with Gasteiger partial charge in [-0.2, -0.15) is 5.10 Å². The van der Waals surface area contributed by atoms with Crippen molar-refractivity contribution in [1.29, 1.82) is 0 Å². The van der Waals surface area contributed by atoms with Crippen LogP contribution in [0, 0.1) is 12.8 Å². The van der Waals surface area contributed by atoms with Crippen LogP contribution < -0.4 is 0 Å². The Bertz CT molecular complexity index is 721. The van der Waals surface area contributed by atoms with Crippen LogP contribution in [0.1, 0.15) is 34.6 Å². The van der Waals surface area contributed by atoms with Crippen LogP contribution in [-0.2, 0) is 11.3 Å². The van der Waals surface area contributed by atoms with Crippen molar-refractivity contribution < 1.29 is 9.53 Å². The third-order valence-corrected chi connectivity index (χ3v) is 5.16. The van der Waals surface area contributed by atoms with Gasteiger partial charge in [-0.15, -0.1) is 0 Å². The Morgan fingerprint density at radius 1 is 1.40 bits per heavy atom. The number of ether oxygens (including phenoxy) is 1. The number of aromatic amines is 1. The lowest BCUT2D eigenvalue weighted by Gasteiger charge is -2.24. The van der Waals surface area contributed by atoms with Crippen molar-refractivity contribution in [2.45, 2.75) is 26.3 Å². The molecule has 1 atom stereocenters. The standard InChI is InChI=1S/C18H21Cl2N3O2/c1-12-9-17(22-21-12)18(24)23(7-5-13-6-8-25-11-13)10-14-15(19)3-2-4-16(14)20/h2-4,9,13H,5-8,10-11H2,1H3,(H,21,22). The molecule has 1 N–H and O–H groups in total. The van der Waals surface area contributed by atoms with Gasteiger partial charge in [-0.3, -0.25) is 9.89 Å². The maximum Gasteiger partial charge on any atom is 0.274 e. The first-order chi connectivity index (χ1) is 12.0. The Hall–Kier alpha value is -1.56. The first-order valence-corrected chi connectivity index (χ1v) is 9.12. The van der Waals surface area contributed by atoms with Gasteiger partial charge < -0.3 is 9.64 Å². The number of nitrogens with zero attached hydrogens (tertiary/aromatic N) is 2. The summed E-state index contributed by atoms with van der Waals surface area (Å²) < 4.78 is 5.43. The number of rotatable bonds is 6. The first-order valence-electron chi connectivity index (χ1n) is 8.36. The van der Waals surface area contributed by atoms with Crippen molar-refractivity contribution in [2.75, 3.05) is 19.8 Å². The summed E-state index contributed by atoms with van der Waals surface area (Å²) in [6.45, 7) is 4.40. The predicted molar refractivity (Wildman–Crippen MR) is 98.1 cm³/mol. The van der Waals surface area contributed by atoms with Gasteiger partial charge in [0.25, 0.3) is 5.91 Å². The summed E-state index contributed by atoms with van der Waals surface area (Å²) in [7, 11) is 0. The second-order valence-corrected chi connectivity index (χ2v) is 7.20. The van der Waals surface area contributed by atoms with E-state index in [9.17, 15) is 4.79 Å². The molecule has 1 aromatic carbocycles. The smallest absolute Gasteiger partial charge is 0.274 e. The highest BCUT2D eigenvalue weighted by Gasteiger charge is 2.23. The summed E-state index contributed by atoms with van der Waals surface area (Å²) in [6, 6.07) is 7.12. The van der Waals surface area contributed by atoms with E-state index in [0.717, 1.165) is 37.3 Å². The first kappa shape index (κ1) is 18.2. The van der Waals surface area contributed by atoms with Gasteiger partial charge in [-0.25, -0.2) is 0 Å². The van der Waals surface area contributed by atoms with Crippen LogP contribution in [0.15, 0.2) is 24.3 Å². The normalized spacial score (nSPS) is 17.0. The Labute approximate surface area is 157 Å². The lowest BCUT2D eigenvalue weighted by Crippen LogP contribution is -2.33. The summed E-state index contributed by atoms with van der Waals surface area (Å²) >= 11 is 12.6. The van der Waals surface area contributed by atoms with Gasteiger partial charge in [0.1, 0.15) is 5.69 Å². The molecule has 1 fully saturated rings. The van der Waals surface area contributed by atoms with Crippen molar-refractivity contribution in [3.8, 4) is 0 Å². The minimum Gasteiger partial charge on any atom is -0.381 e. The number of hydrogen-bond donors (Lipinski definition) is 1. The largest absolute Gasteiger partial charge is 0.381 e. The second kappa shape index (κ2) is 8.21. The molecule has 1 aromatic heterocycles. The maximum absolute atomic E-state index is 12.9. The van der Waals surface area contributed by atoms with E-state index >= 15 is 0 Å². The summed E-state index contributed by atoms with van der Waals surface area (Å²) in [6.07, 6.45) is 1.92. The minimum absolute atomic E-state index is 0.126. The van der Waals surface area contributed by atoms with E-state index in [1.165, 1.54) is 0 Å². The molecule has 1 amide bonds. The molecule has 134 valence electrons. The lowest BCUT2D eigenvalue weighted by atomic mass is 10.0. The Morgan fingerprint density at radius 3 is 2.76 bits per heavy atom. The van der Waals surface area contributed by atoms with Crippen molar-refractivity contribution >= 4 is 29.1 Å². The van der Waals surface area contributed by atoms with Crippen molar-refractivity contribution in [3.05, 3.63) is 51.3 Å². The monoisotopic (exact) mass is 381 g/mol. The number of hydrogen-bond acceptors (Lipinski definition) is 3. The Balaban J connectivity index is 1.78. The number of carbonyl (C=O) groups excluding carboxylic acids is 1. The molecular formula is C18H21Cl2N3O2. The number of aryl methyl sites for hydroxylation is 1. The molecule has 0 bridgehead atoms. The van der Waals surface area contributed by atoms with Crippen LogP contribution in [0.2, 0.25) is 10.0 Å². The van der Waals surface area contributed by atoms with Crippen LogP contribution >= 0.6 is 23.2 Å². The molecule has 7 heteroatoms. The zero-order chi connectivity index (χ0) is 17.8. The third-order valence-electron chi connectivity index (χ3n) is 4.45. The number of benzene rings is 1. The minimum atomic E-state index is -0.126. The molecule has 3 rings (SSSR count). The van der Waals surface area contributed by atoms with E-state index < -0.39 is 0 Å². The highest BCUT2D eigenvalue weighted by atomic mass is 35.5. The van der Waals surface area contributed by atoms with Crippen LogP contribution in [0.25, 0.3) is 0 Å². The molecule has 25 heavy (non-hydrogen) atoms. The number of nitrogens with one attached hydrogen (secondary N) is 1. The molecule has 2 aromatic rings. The van der Waals surface area contributed by atoms with Crippen molar-refractivity contribution in [2.24, 2.45) is 5.92 Å². The van der Waals surface area contributed by atoms with E-state index in [-0.39, 0.29) is 5.91 Å². The molecule has 2 heterocycles. The van der Waals surface area contributed by atoms with Gasteiger partial charge in [0.05, 0.1) is 0 Å². The number of H-pyrrole nitrogens is 1. The van der Waals surface area contributed by atoms with Crippen LogP contribution in [0.3, 0.4) is 0 Å². The zero-order valence-electron chi connectivity index (χ0n) is 14.1. The van der Waals surface area contributed by atoms with E-state index in [1.54, 1.807) is 29.2 Å². The number of amides is 1. The molecule has 0 spiro atoms. The molecule has 0 radical (unpaired) electrons. The molecule has 0 saturated carbocycles. The van der Waals surface area contributed by atoms with Gasteiger partial charge in [-0.1, -0.05) is 29.3 Å². The fraction of sp³-hybridized carbons (Fsp3) is 0.444. The third kappa shape index (κ3) is 4.54. The number of aromatic nitrogens is 2. The van der Waals surface area contributed by atoms with Gasteiger partial charge in [0, 0.05) is 47.6 Å². The highest BCUT2D eigenvalue weighted by Crippen LogP contribution is 2.27. The number of carbonyl (C=O) groups is 1. The van der Waals surface area contributed by atoms with Gasteiger partial charge in [0.2, 0.25) is 0 Å². The van der Waals surface area contributed by atoms with E-state index in [4.69, 9.17) is 27.9 Å². The average molecular weight is 382 g/mol. The highest BCUT2D eigenvalue weighted by molar-refractivity contribution is 6.36. The topological polar surface area (TPSA) is 58.2 Å². The van der Waals surface area contributed by atoms with Crippen LogP contribution in [-0.4, -0.2) is 40.8 Å². The Kier molecular flexibility index (Phi) is 5.99. The predicted octanol–water partition coefficient (Wildman–Crippen LogP) is 4.09. The maximum atomic E-state index is 12.9. The lowest BCUT2D eigenvalue weighted by molar-refractivity contribution is 0.0724. The SMILES string of the molecule is Cc1cc(C(=O)N(CCC2CCOC2)Cc2c(Cl)cccc2Cl)n[nH]1. The average Bonchev–Trinajstić information content (AvgIpc) is 3.25. The summed E-state index contributed by atoms with van der Waals surface area (Å²) in [4.78, 5) is 14.7. The molecule has 5 nitrogen and oxygen atoms in total. The van der Waals surface area contributed by atoms with Crippen LogP contribution in [0.4, 0.5) is 0 Å². The molecule has 1 saturated heterocycles. The fourth-order valence-electron chi connectivity index (χ4n) is 2.97. The molecule has 1 unspecified atom stereocenters. The summed E-state index contributed by atoms with van der Waals surface area (Å²) in [5.41, 5.74) is 2.01. The quantitative estimate of drug-likeness (QED) is 0.819. The van der Waals surface area contributed by atoms with Gasteiger partial charge >= 0.3 is 0 Å². The molecule has 1 aliphatic rings. The number of halogens is 2. The summed E-state index contributed by atoms with van der Waals surface area (Å²) in [5.74, 6) is 0.359. The second-order valence-electron chi connectivity index (χ2n) is 6.38. The zero-order valence-corrected chi connectivity index (χ0v) is 15.6. The van der Waals surface area contributed by atoms with Gasteiger partial charge in [0.15, 0.2) is 0 Å². The van der Waals surface area contributed by atoms with Gasteiger partial charge in [-0.05, 0) is 43.9 Å². The van der Waals surface area contributed by atoms with Crippen LogP contribution in [0.5, 0.6) is 0 Å². The molecule has 0 aliphatic carbocycles. The molecule has 1 aliphatic heterocycles. The van der Waals surface area contributed by atoms with E-state index in [2.05, 4.69) is 10.2 Å². The fourth-order valence-corrected chi connectivity index (χ4v) is 3.48. The summed E-state index contributed by atoms with van der Waals surface area (Å²) in [5, 5.41) is 8.04.